The molecule has 32 heavy (non-hydrogen) atoms. The van der Waals surface area contributed by atoms with Crippen molar-refractivity contribution in [1.29, 1.82) is 0 Å². The van der Waals surface area contributed by atoms with Crippen LogP contribution in [0.1, 0.15) is 82.9 Å². The Morgan fingerprint density at radius 1 is 1.06 bits per heavy atom. The molecule has 1 aliphatic heterocycles. The van der Waals surface area contributed by atoms with E-state index in [-0.39, 0.29) is 12.6 Å². The Morgan fingerprint density at radius 3 is 2.41 bits per heavy atom. The van der Waals surface area contributed by atoms with Gasteiger partial charge in [0, 0.05) is 18.2 Å². The van der Waals surface area contributed by atoms with E-state index in [1.807, 2.05) is 11.8 Å². The van der Waals surface area contributed by atoms with Crippen LogP contribution in [0.3, 0.4) is 0 Å². The highest BCUT2D eigenvalue weighted by molar-refractivity contribution is 7.99. The van der Waals surface area contributed by atoms with Crippen LogP contribution in [-0.2, 0) is 14.3 Å². The molecule has 8 heteroatoms. The maximum atomic E-state index is 12.0. The number of unbranched alkanes of at least 4 members (excludes halogenated alkanes) is 8. The van der Waals surface area contributed by atoms with Crippen LogP contribution in [0, 0.1) is 6.92 Å². The molecular formula is C24H38N2O5S. The number of thioether (sulfide) groups is 1. The van der Waals surface area contributed by atoms with Gasteiger partial charge in [0.2, 0.25) is 0 Å². The topological polar surface area (TPSA) is 90.4 Å². The lowest BCUT2D eigenvalue weighted by molar-refractivity contribution is -0.147. The number of ether oxygens (including phenoxy) is 2. The highest BCUT2D eigenvalue weighted by Crippen LogP contribution is 2.20. The molecule has 2 rings (SSSR count). The van der Waals surface area contributed by atoms with E-state index in [4.69, 9.17) is 9.47 Å². The lowest BCUT2D eigenvalue weighted by atomic mass is 10.1. The molecule has 0 radical (unpaired) electrons. The van der Waals surface area contributed by atoms with Gasteiger partial charge in [-0.15, -0.1) is 0 Å². The zero-order chi connectivity index (χ0) is 23.2. The number of H-pyrrole nitrogens is 1. The molecule has 0 saturated heterocycles. The van der Waals surface area contributed by atoms with E-state index >= 15 is 0 Å². The van der Waals surface area contributed by atoms with Crippen LogP contribution < -0.4 is 11.2 Å². The summed E-state index contributed by atoms with van der Waals surface area (Å²) in [7, 11) is 0. The highest BCUT2D eigenvalue weighted by atomic mass is 32.2. The van der Waals surface area contributed by atoms with Crippen molar-refractivity contribution in [2.75, 3.05) is 18.1 Å². The van der Waals surface area contributed by atoms with Crippen LogP contribution >= 0.6 is 11.8 Å². The number of hydrogen-bond donors (Lipinski definition) is 1. The molecule has 7 nitrogen and oxygen atoms in total. The summed E-state index contributed by atoms with van der Waals surface area (Å²) < 4.78 is 12.4. The highest BCUT2D eigenvalue weighted by Gasteiger charge is 2.23. The number of aryl methyl sites for hydroxylation is 1. The number of aromatic nitrogens is 2. The van der Waals surface area contributed by atoms with Crippen molar-refractivity contribution in [2.45, 2.75) is 90.4 Å². The van der Waals surface area contributed by atoms with E-state index in [0.29, 0.717) is 12.0 Å². The third-order valence-corrected chi connectivity index (χ3v) is 6.49. The number of nitrogens with zero attached hydrogens (tertiary/aromatic N) is 1. The Morgan fingerprint density at radius 2 is 1.72 bits per heavy atom. The van der Waals surface area contributed by atoms with Gasteiger partial charge in [0.1, 0.15) is 12.7 Å². The van der Waals surface area contributed by atoms with E-state index in [1.165, 1.54) is 67.2 Å². The molecule has 1 aromatic heterocycles. The molecule has 1 N–H and O–H groups in total. The minimum absolute atomic E-state index is 0.125. The summed E-state index contributed by atoms with van der Waals surface area (Å²) in [6.45, 7) is 3.96. The van der Waals surface area contributed by atoms with Crippen molar-refractivity contribution in [3.05, 3.63) is 44.8 Å². The third kappa shape index (κ3) is 9.77. The molecule has 0 spiro atoms. The first kappa shape index (κ1) is 26.5. The molecule has 2 heterocycles. The monoisotopic (exact) mass is 466 g/mol. The molecule has 0 fully saturated rings. The normalized spacial score (nSPS) is 17.7. The van der Waals surface area contributed by atoms with Gasteiger partial charge >= 0.3 is 11.7 Å². The molecule has 0 aliphatic carbocycles. The first-order chi connectivity index (χ1) is 15.5. The van der Waals surface area contributed by atoms with Gasteiger partial charge in [0.05, 0.1) is 0 Å². The molecule has 1 aliphatic rings. The van der Waals surface area contributed by atoms with Crippen molar-refractivity contribution < 1.29 is 14.3 Å². The first-order valence-electron chi connectivity index (χ1n) is 11.9. The lowest BCUT2D eigenvalue weighted by Gasteiger charge is -2.16. The fourth-order valence-electron chi connectivity index (χ4n) is 3.62. The Labute approximate surface area is 195 Å². The summed E-state index contributed by atoms with van der Waals surface area (Å²) in [6, 6.07) is 0. The van der Waals surface area contributed by atoms with Gasteiger partial charge in [-0.3, -0.25) is 19.1 Å². The van der Waals surface area contributed by atoms with Gasteiger partial charge in [-0.1, -0.05) is 57.9 Å². The largest absolute Gasteiger partial charge is 0.463 e. The average Bonchev–Trinajstić information content (AvgIpc) is 3.24. The van der Waals surface area contributed by atoms with Crippen LogP contribution in [0.5, 0.6) is 0 Å². The molecule has 0 amide bonds. The second-order valence-electron chi connectivity index (χ2n) is 8.24. The minimum atomic E-state index is -0.614. The van der Waals surface area contributed by atoms with Crippen LogP contribution in [-0.4, -0.2) is 39.7 Å². The van der Waals surface area contributed by atoms with Gasteiger partial charge in [0.15, 0.2) is 6.23 Å². The molecule has 0 bridgehead atoms. The predicted octanol–water partition coefficient (Wildman–Crippen LogP) is 4.50. The number of carbonyl (C=O) groups is 1. The standard InChI is InChI=1S/C24H38N2O5S/c1-3-32-16-12-10-8-6-4-5-7-9-11-13-22(27)30-18-20-14-15-21(31-20)26-17-19(2)23(28)25-24(26)29/h14-15,17,20-21H,3-13,16,18H2,1-2H3,(H,25,28,29)/t20-,21+/m0/s1. The van der Waals surface area contributed by atoms with Gasteiger partial charge in [-0.25, -0.2) is 4.79 Å². The van der Waals surface area contributed by atoms with Gasteiger partial charge in [-0.05, 0) is 37.3 Å². The van der Waals surface area contributed by atoms with Crippen LogP contribution in [0.25, 0.3) is 0 Å². The van der Waals surface area contributed by atoms with Crippen molar-refractivity contribution in [2.24, 2.45) is 0 Å². The quantitative estimate of drug-likeness (QED) is 0.219. The summed E-state index contributed by atoms with van der Waals surface area (Å²) in [5, 5.41) is 0. The minimum Gasteiger partial charge on any atom is -0.463 e. The van der Waals surface area contributed by atoms with Crippen LogP contribution in [0.15, 0.2) is 27.9 Å². The van der Waals surface area contributed by atoms with E-state index in [0.717, 1.165) is 12.8 Å². The average molecular weight is 467 g/mol. The number of rotatable bonds is 16. The third-order valence-electron chi connectivity index (χ3n) is 5.51. The molecule has 1 aromatic rings. The summed E-state index contributed by atoms with van der Waals surface area (Å²) in [5.41, 5.74) is -0.507. The van der Waals surface area contributed by atoms with Gasteiger partial charge in [0.25, 0.3) is 5.56 Å². The molecule has 0 aromatic carbocycles. The van der Waals surface area contributed by atoms with Crippen molar-refractivity contribution in [1.82, 2.24) is 9.55 Å². The molecule has 0 saturated carbocycles. The summed E-state index contributed by atoms with van der Waals surface area (Å²) in [6.07, 6.45) is 15.3. The zero-order valence-electron chi connectivity index (χ0n) is 19.5. The fraction of sp³-hybridized carbons (Fsp3) is 0.708. The van der Waals surface area contributed by atoms with Crippen LogP contribution in [0.4, 0.5) is 0 Å². The summed E-state index contributed by atoms with van der Waals surface area (Å²) >= 11 is 2.03. The van der Waals surface area contributed by atoms with E-state index in [9.17, 15) is 14.4 Å². The number of aromatic amines is 1. The Hall–Kier alpha value is -1.80. The molecule has 180 valence electrons. The summed E-state index contributed by atoms with van der Waals surface area (Å²) in [4.78, 5) is 37.7. The predicted molar refractivity (Wildman–Crippen MR) is 129 cm³/mol. The second kappa shape index (κ2) is 15.1. The van der Waals surface area contributed by atoms with Crippen LogP contribution in [0.2, 0.25) is 0 Å². The Balaban J connectivity index is 1.49. The SMILES string of the molecule is CCSCCCCCCCCCCCC(=O)OC[C@@H]1C=C[C@H](n2cc(C)c(=O)[nH]c2=O)O1. The Bertz CT molecular complexity index is 832. The number of carbonyl (C=O) groups excluding carboxylic acids is 1. The Kier molecular flexibility index (Phi) is 12.5. The second-order valence-corrected chi connectivity index (χ2v) is 9.63. The first-order valence-corrected chi connectivity index (χ1v) is 13.1. The molecule has 2 atom stereocenters. The van der Waals surface area contributed by atoms with Gasteiger partial charge in [-0.2, -0.15) is 11.8 Å². The number of nitrogens with one attached hydrogen (secondary N) is 1. The van der Waals surface area contributed by atoms with Crippen molar-refractivity contribution >= 4 is 17.7 Å². The van der Waals surface area contributed by atoms with Crippen molar-refractivity contribution in [3.63, 3.8) is 0 Å². The lowest BCUT2D eigenvalue weighted by Crippen LogP contribution is -2.33. The summed E-state index contributed by atoms with van der Waals surface area (Å²) in [5.74, 6) is 2.30. The van der Waals surface area contributed by atoms with E-state index in [1.54, 1.807) is 19.1 Å². The molecular weight excluding hydrogens is 428 g/mol. The smallest absolute Gasteiger partial charge is 0.330 e. The molecule has 0 unspecified atom stereocenters. The van der Waals surface area contributed by atoms with E-state index < -0.39 is 23.6 Å². The number of hydrogen-bond acceptors (Lipinski definition) is 6. The zero-order valence-corrected chi connectivity index (χ0v) is 20.3. The number of esters is 1. The van der Waals surface area contributed by atoms with Gasteiger partial charge < -0.3 is 9.47 Å². The fourth-order valence-corrected chi connectivity index (χ4v) is 4.32. The van der Waals surface area contributed by atoms with Crippen molar-refractivity contribution in [3.8, 4) is 0 Å². The maximum absolute atomic E-state index is 12.0. The maximum Gasteiger partial charge on any atom is 0.330 e. The van der Waals surface area contributed by atoms with E-state index in [2.05, 4.69) is 11.9 Å².